The molecule has 0 saturated carbocycles. The summed E-state index contributed by atoms with van der Waals surface area (Å²) in [5.74, 6) is -0.0678. The number of carbonyl (C=O) groups is 1. The van der Waals surface area contributed by atoms with Crippen LogP contribution in [0.3, 0.4) is 0 Å². The van der Waals surface area contributed by atoms with Crippen molar-refractivity contribution in [2.75, 3.05) is 44.2 Å². The maximum absolute atomic E-state index is 13.2. The van der Waals surface area contributed by atoms with E-state index in [1.165, 1.54) is 16.8 Å². The quantitative estimate of drug-likeness (QED) is 0.289. The molecule has 190 valence electrons. The maximum Gasteiger partial charge on any atom is 0.316 e. The first kappa shape index (κ1) is 26.0. The van der Waals surface area contributed by atoms with E-state index in [9.17, 15) is 4.79 Å². The second kappa shape index (κ2) is 12.7. The molecule has 1 atom stereocenters. The molecule has 3 aromatic carbocycles. The molecule has 0 aromatic heterocycles. The molecule has 4 rings (SSSR count). The molecular formula is C32H40N2O2. The average Bonchev–Trinajstić information content (AvgIpc) is 2.95. The van der Waals surface area contributed by atoms with Gasteiger partial charge in [-0.25, -0.2) is 0 Å². The summed E-state index contributed by atoms with van der Waals surface area (Å²) < 4.78 is 5.68. The van der Waals surface area contributed by atoms with Gasteiger partial charge < -0.3 is 9.64 Å². The van der Waals surface area contributed by atoms with Gasteiger partial charge in [0.15, 0.2) is 0 Å². The van der Waals surface area contributed by atoms with E-state index in [2.05, 4.69) is 83.5 Å². The van der Waals surface area contributed by atoms with Crippen molar-refractivity contribution in [1.29, 1.82) is 0 Å². The number of anilines is 1. The molecule has 0 amide bonds. The van der Waals surface area contributed by atoms with Crippen molar-refractivity contribution in [1.82, 2.24) is 4.90 Å². The van der Waals surface area contributed by atoms with E-state index in [0.29, 0.717) is 6.61 Å². The van der Waals surface area contributed by atoms with Crippen LogP contribution in [0.2, 0.25) is 0 Å². The minimum absolute atomic E-state index is 0.0678. The van der Waals surface area contributed by atoms with E-state index in [1.807, 2.05) is 25.1 Å². The van der Waals surface area contributed by atoms with Crippen molar-refractivity contribution >= 4 is 11.7 Å². The van der Waals surface area contributed by atoms with Crippen molar-refractivity contribution in [3.63, 3.8) is 0 Å². The van der Waals surface area contributed by atoms with Gasteiger partial charge in [0.1, 0.15) is 0 Å². The van der Waals surface area contributed by atoms with Gasteiger partial charge in [0.25, 0.3) is 0 Å². The van der Waals surface area contributed by atoms with E-state index in [0.717, 1.165) is 64.0 Å². The predicted molar refractivity (Wildman–Crippen MR) is 149 cm³/mol. The van der Waals surface area contributed by atoms with Crippen LogP contribution >= 0.6 is 0 Å². The number of hydrogen-bond acceptors (Lipinski definition) is 4. The molecule has 36 heavy (non-hydrogen) atoms. The van der Waals surface area contributed by atoms with Crippen LogP contribution in [-0.4, -0.2) is 50.2 Å². The van der Waals surface area contributed by atoms with Crippen LogP contribution in [0.15, 0.2) is 84.9 Å². The zero-order valence-electron chi connectivity index (χ0n) is 21.9. The Kier molecular flexibility index (Phi) is 9.18. The lowest BCUT2D eigenvalue weighted by atomic mass is 9.74. The van der Waals surface area contributed by atoms with Gasteiger partial charge in [-0.05, 0) is 61.1 Å². The molecule has 0 radical (unpaired) electrons. The van der Waals surface area contributed by atoms with Crippen LogP contribution in [0.25, 0.3) is 11.1 Å². The van der Waals surface area contributed by atoms with E-state index in [1.54, 1.807) is 0 Å². The van der Waals surface area contributed by atoms with Gasteiger partial charge in [-0.3, -0.25) is 9.69 Å². The van der Waals surface area contributed by atoms with Gasteiger partial charge in [0.2, 0.25) is 0 Å². The molecule has 1 heterocycles. The molecule has 1 fully saturated rings. The fourth-order valence-corrected chi connectivity index (χ4v) is 5.31. The molecule has 0 bridgehead atoms. The molecule has 4 heteroatoms. The van der Waals surface area contributed by atoms with Gasteiger partial charge in [-0.15, -0.1) is 0 Å². The summed E-state index contributed by atoms with van der Waals surface area (Å²) >= 11 is 0. The number of carbonyl (C=O) groups excluding carboxylic acids is 1. The van der Waals surface area contributed by atoms with E-state index < -0.39 is 5.41 Å². The molecule has 0 N–H and O–H groups in total. The molecule has 1 aliphatic heterocycles. The largest absolute Gasteiger partial charge is 0.465 e. The van der Waals surface area contributed by atoms with Crippen molar-refractivity contribution in [3.8, 4) is 11.1 Å². The van der Waals surface area contributed by atoms with Gasteiger partial charge >= 0.3 is 5.97 Å². The van der Waals surface area contributed by atoms with Crippen LogP contribution in [-0.2, 0) is 14.9 Å². The lowest BCUT2D eigenvalue weighted by Crippen LogP contribution is -2.47. The molecule has 1 saturated heterocycles. The summed E-state index contributed by atoms with van der Waals surface area (Å²) in [6.07, 6.45) is 3.40. The first-order valence-corrected chi connectivity index (χ1v) is 13.5. The molecule has 1 unspecified atom stereocenters. The standard InChI is InChI=1S/C32H40N2O2/c1-3-26-36-31(35)32(4-2,29-14-9-6-10-15-29)20-11-21-33-22-24-34(25-23-33)30-18-16-28(17-19-30)27-12-7-5-8-13-27/h5-10,12-19H,3-4,11,20-26H2,1-2H3. The highest BCUT2D eigenvalue weighted by Crippen LogP contribution is 2.35. The number of piperazine rings is 1. The van der Waals surface area contributed by atoms with Gasteiger partial charge in [-0.2, -0.15) is 0 Å². The summed E-state index contributed by atoms with van der Waals surface area (Å²) in [7, 11) is 0. The zero-order valence-corrected chi connectivity index (χ0v) is 21.9. The van der Waals surface area contributed by atoms with Crippen molar-refractivity contribution in [2.24, 2.45) is 0 Å². The maximum atomic E-state index is 13.2. The highest BCUT2D eigenvalue weighted by molar-refractivity contribution is 5.83. The van der Waals surface area contributed by atoms with Crippen LogP contribution < -0.4 is 4.90 Å². The highest BCUT2D eigenvalue weighted by Gasteiger charge is 2.39. The minimum atomic E-state index is -0.557. The number of esters is 1. The second-order valence-corrected chi connectivity index (χ2v) is 9.78. The highest BCUT2D eigenvalue weighted by atomic mass is 16.5. The number of ether oxygens (including phenoxy) is 1. The Hall–Kier alpha value is -3.11. The number of rotatable bonds is 11. The monoisotopic (exact) mass is 484 g/mol. The summed E-state index contributed by atoms with van der Waals surface area (Å²) in [5, 5.41) is 0. The summed E-state index contributed by atoms with van der Waals surface area (Å²) in [6, 6.07) is 29.7. The third kappa shape index (κ3) is 6.17. The van der Waals surface area contributed by atoms with E-state index in [-0.39, 0.29) is 5.97 Å². The Bertz CT molecular complexity index is 1060. The lowest BCUT2D eigenvalue weighted by molar-refractivity contribution is -0.151. The van der Waals surface area contributed by atoms with Crippen molar-refractivity contribution in [3.05, 3.63) is 90.5 Å². The Morgan fingerprint density at radius 1 is 0.806 bits per heavy atom. The molecular weight excluding hydrogens is 444 g/mol. The SMILES string of the molecule is CCCOC(=O)C(CC)(CCCN1CCN(c2ccc(-c3ccccc3)cc2)CC1)c1ccccc1. The molecule has 0 spiro atoms. The Balaban J connectivity index is 1.31. The van der Waals surface area contributed by atoms with E-state index in [4.69, 9.17) is 4.74 Å². The average molecular weight is 485 g/mol. The van der Waals surface area contributed by atoms with Crippen molar-refractivity contribution < 1.29 is 9.53 Å². The Labute approximate surface area is 216 Å². The molecule has 4 nitrogen and oxygen atoms in total. The normalized spacial score (nSPS) is 15.9. The molecule has 3 aromatic rings. The Morgan fingerprint density at radius 3 is 2.03 bits per heavy atom. The molecule has 1 aliphatic rings. The van der Waals surface area contributed by atoms with Gasteiger partial charge in [0.05, 0.1) is 12.0 Å². The van der Waals surface area contributed by atoms with Crippen molar-refractivity contribution in [2.45, 2.75) is 44.9 Å². The number of benzene rings is 3. The van der Waals surface area contributed by atoms with E-state index >= 15 is 0 Å². The first-order valence-electron chi connectivity index (χ1n) is 13.5. The Morgan fingerprint density at radius 2 is 1.42 bits per heavy atom. The second-order valence-electron chi connectivity index (χ2n) is 9.78. The third-order valence-corrected chi connectivity index (χ3v) is 7.55. The molecule has 0 aliphatic carbocycles. The third-order valence-electron chi connectivity index (χ3n) is 7.55. The first-order chi connectivity index (χ1) is 17.7. The predicted octanol–water partition coefficient (Wildman–Crippen LogP) is 6.56. The van der Waals surface area contributed by atoms with Crippen LogP contribution in [0.4, 0.5) is 5.69 Å². The summed E-state index contributed by atoms with van der Waals surface area (Å²) in [5.41, 5.74) is 4.33. The fraction of sp³-hybridized carbons (Fsp3) is 0.406. The van der Waals surface area contributed by atoms with Gasteiger partial charge in [-0.1, -0.05) is 86.6 Å². The summed E-state index contributed by atoms with van der Waals surface area (Å²) in [6.45, 7) is 9.80. The van der Waals surface area contributed by atoms with Crippen LogP contribution in [0.1, 0.15) is 45.1 Å². The summed E-state index contributed by atoms with van der Waals surface area (Å²) in [4.78, 5) is 18.2. The van der Waals surface area contributed by atoms with Gasteiger partial charge in [0, 0.05) is 31.9 Å². The fourth-order valence-electron chi connectivity index (χ4n) is 5.31. The zero-order chi connectivity index (χ0) is 25.2. The van der Waals surface area contributed by atoms with Crippen LogP contribution in [0, 0.1) is 0 Å². The lowest BCUT2D eigenvalue weighted by Gasteiger charge is -2.37. The topological polar surface area (TPSA) is 32.8 Å². The number of hydrogen-bond donors (Lipinski definition) is 0. The smallest absolute Gasteiger partial charge is 0.316 e. The number of nitrogens with zero attached hydrogens (tertiary/aromatic N) is 2. The minimum Gasteiger partial charge on any atom is -0.465 e. The van der Waals surface area contributed by atoms with Crippen LogP contribution in [0.5, 0.6) is 0 Å².